The molecule has 0 saturated heterocycles. The number of rotatable bonds is 5. The van der Waals surface area contributed by atoms with Crippen LogP contribution in [0.5, 0.6) is 0 Å². The van der Waals surface area contributed by atoms with Crippen molar-refractivity contribution < 1.29 is 10.2 Å². The maximum absolute atomic E-state index is 10.8. The number of hydrogen-bond acceptors (Lipinski definition) is 3. The van der Waals surface area contributed by atoms with Crippen molar-refractivity contribution in [2.45, 2.75) is 136 Å². The van der Waals surface area contributed by atoms with Crippen LogP contribution in [0.15, 0.2) is 0 Å². The van der Waals surface area contributed by atoms with Gasteiger partial charge in [-0.1, -0.05) is 34.6 Å². The third-order valence-electron chi connectivity index (χ3n) is 12.3. The molecule has 0 heterocycles. The SMILES string of the molecule is CC(C)C(C)(O)CC[C@@H](C)[C@H]1CC[C@@H]2[C@]1(C)CC[C@@H]1[C@@]3(C)CC[C@](C)(O)C[C@@H]3CC[C@]12N. The summed E-state index contributed by atoms with van der Waals surface area (Å²) in [5.41, 5.74) is 7.12. The predicted molar refractivity (Wildman–Crippen MR) is 133 cm³/mol. The van der Waals surface area contributed by atoms with Gasteiger partial charge in [-0.2, -0.15) is 0 Å². The fraction of sp³-hybridized carbons (Fsp3) is 1.00. The minimum Gasteiger partial charge on any atom is -0.390 e. The van der Waals surface area contributed by atoms with Crippen molar-refractivity contribution in [2.75, 3.05) is 0 Å². The van der Waals surface area contributed by atoms with Gasteiger partial charge in [0, 0.05) is 5.54 Å². The lowest BCUT2D eigenvalue weighted by Crippen LogP contribution is -2.68. The molecule has 1 unspecified atom stereocenters. The van der Waals surface area contributed by atoms with E-state index in [1.807, 2.05) is 6.92 Å². The molecule has 0 aromatic heterocycles. The minimum atomic E-state index is -0.560. The average Bonchev–Trinajstić information content (AvgIpc) is 3.05. The summed E-state index contributed by atoms with van der Waals surface area (Å²) in [5.74, 6) is 3.55. The van der Waals surface area contributed by atoms with Gasteiger partial charge in [0.25, 0.3) is 0 Å². The summed E-state index contributed by atoms with van der Waals surface area (Å²) in [6.45, 7) is 15.9. The van der Waals surface area contributed by atoms with E-state index in [0.29, 0.717) is 40.4 Å². The molecule has 0 aromatic carbocycles. The number of fused-ring (bicyclic) bond motifs is 5. The molecule has 4 N–H and O–H groups in total. The quantitative estimate of drug-likeness (QED) is 0.463. The van der Waals surface area contributed by atoms with Gasteiger partial charge in [-0.25, -0.2) is 0 Å². The summed E-state index contributed by atoms with van der Waals surface area (Å²) >= 11 is 0. The molecule has 0 aromatic rings. The van der Waals surface area contributed by atoms with E-state index in [1.54, 1.807) is 0 Å². The molecule has 4 aliphatic rings. The molecule has 0 radical (unpaired) electrons. The van der Waals surface area contributed by atoms with Crippen molar-refractivity contribution in [3.63, 3.8) is 0 Å². The fourth-order valence-corrected chi connectivity index (χ4v) is 9.63. The van der Waals surface area contributed by atoms with Crippen LogP contribution in [-0.2, 0) is 0 Å². The molecule has 0 aliphatic heterocycles. The van der Waals surface area contributed by atoms with E-state index in [9.17, 15) is 10.2 Å². The largest absolute Gasteiger partial charge is 0.390 e. The van der Waals surface area contributed by atoms with Crippen LogP contribution in [0.2, 0.25) is 0 Å². The Labute approximate surface area is 198 Å². The van der Waals surface area contributed by atoms with Crippen LogP contribution < -0.4 is 5.73 Å². The molecule has 0 spiro atoms. The van der Waals surface area contributed by atoms with Crippen LogP contribution in [0.25, 0.3) is 0 Å². The highest BCUT2D eigenvalue weighted by molar-refractivity contribution is 5.19. The molecule has 4 aliphatic carbocycles. The van der Waals surface area contributed by atoms with Gasteiger partial charge in [0.05, 0.1) is 11.2 Å². The third kappa shape index (κ3) is 3.81. The van der Waals surface area contributed by atoms with E-state index >= 15 is 0 Å². The monoisotopic (exact) mass is 447 g/mol. The van der Waals surface area contributed by atoms with Gasteiger partial charge in [0.2, 0.25) is 0 Å². The van der Waals surface area contributed by atoms with Crippen molar-refractivity contribution >= 4 is 0 Å². The Balaban J connectivity index is 1.52. The summed E-state index contributed by atoms with van der Waals surface area (Å²) in [4.78, 5) is 0. The van der Waals surface area contributed by atoms with Crippen molar-refractivity contribution in [3.8, 4) is 0 Å². The zero-order valence-corrected chi connectivity index (χ0v) is 22.2. The third-order valence-corrected chi connectivity index (χ3v) is 12.3. The van der Waals surface area contributed by atoms with Crippen LogP contribution in [0, 0.1) is 46.3 Å². The highest BCUT2D eigenvalue weighted by atomic mass is 16.3. The predicted octanol–water partition coefficient (Wildman–Crippen LogP) is 6.30. The van der Waals surface area contributed by atoms with Gasteiger partial charge in [-0.15, -0.1) is 0 Å². The van der Waals surface area contributed by atoms with Gasteiger partial charge in [-0.3, -0.25) is 0 Å². The molecule has 10 atom stereocenters. The Kier molecular flexibility index (Phi) is 6.21. The van der Waals surface area contributed by atoms with Crippen LogP contribution in [0.1, 0.15) is 119 Å². The molecule has 4 saturated carbocycles. The first-order chi connectivity index (χ1) is 14.7. The van der Waals surface area contributed by atoms with Crippen molar-refractivity contribution in [3.05, 3.63) is 0 Å². The molecular weight excluding hydrogens is 394 g/mol. The van der Waals surface area contributed by atoms with E-state index in [2.05, 4.69) is 41.5 Å². The number of aliphatic hydroxyl groups is 2. The lowest BCUT2D eigenvalue weighted by molar-refractivity contribution is -0.158. The Bertz CT molecular complexity index is 701. The molecule has 4 rings (SSSR count). The van der Waals surface area contributed by atoms with Crippen LogP contribution >= 0.6 is 0 Å². The first kappa shape index (κ1) is 25.0. The lowest BCUT2D eigenvalue weighted by atomic mass is 9.41. The van der Waals surface area contributed by atoms with E-state index in [-0.39, 0.29) is 5.54 Å². The summed E-state index contributed by atoms with van der Waals surface area (Å²) in [5, 5.41) is 21.6. The fourth-order valence-electron chi connectivity index (χ4n) is 9.63. The van der Waals surface area contributed by atoms with Gasteiger partial charge >= 0.3 is 0 Å². The van der Waals surface area contributed by atoms with Crippen LogP contribution in [-0.4, -0.2) is 27.0 Å². The molecule has 4 fully saturated rings. The first-order valence-corrected chi connectivity index (χ1v) is 13.9. The highest BCUT2D eigenvalue weighted by Gasteiger charge is 2.66. The van der Waals surface area contributed by atoms with Crippen molar-refractivity contribution in [1.82, 2.24) is 0 Å². The number of hydrogen-bond donors (Lipinski definition) is 3. The Morgan fingerprint density at radius 2 is 1.56 bits per heavy atom. The van der Waals surface area contributed by atoms with Gasteiger partial charge in [-0.05, 0) is 131 Å². The Morgan fingerprint density at radius 3 is 2.22 bits per heavy atom. The summed E-state index contributed by atoms with van der Waals surface area (Å²) in [6, 6.07) is 0. The highest BCUT2D eigenvalue weighted by Crippen LogP contribution is 2.69. The van der Waals surface area contributed by atoms with Gasteiger partial charge < -0.3 is 15.9 Å². The maximum Gasteiger partial charge on any atom is 0.0642 e. The second-order valence-corrected chi connectivity index (χ2v) is 14.4. The van der Waals surface area contributed by atoms with Crippen LogP contribution in [0.4, 0.5) is 0 Å². The topological polar surface area (TPSA) is 66.5 Å². The zero-order chi connectivity index (χ0) is 23.7. The standard InChI is InChI=1S/C29H53NO2/c1-19(2)28(7,32)14-10-20(3)22-8-9-23-27(22,6)13-12-24-26(5)17-16-25(4,31)18-21(26)11-15-29(23,24)30/h19-24,31-32H,8-18,30H2,1-7H3/t20-,21+,22-,23-,24-,25+,26+,27-,28?,29-/m1/s1. The van der Waals surface area contributed by atoms with Gasteiger partial charge in [0.1, 0.15) is 0 Å². The lowest BCUT2D eigenvalue weighted by Gasteiger charge is -2.66. The first-order valence-electron chi connectivity index (χ1n) is 13.9. The molecular formula is C29H53NO2. The normalized spacial score (nSPS) is 51.5. The number of nitrogens with two attached hydrogens (primary N) is 1. The zero-order valence-electron chi connectivity index (χ0n) is 22.2. The van der Waals surface area contributed by atoms with Crippen molar-refractivity contribution in [2.24, 2.45) is 52.1 Å². The van der Waals surface area contributed by atoms with E-state index in [1.165, 1.54) is 32.1 Å². The van der Waals surface area contributed by atoms with Gasteiger partial charge in [0.15, 0.2) is 0 Å². The van der Waals surface area contributed by atoms with Crippen molar-refractivity contribution in [1.29, 1.82) is 0 Å². The average molecular weight is 448 g/mol. The second-order valence-electron chi connectivity index (χ2n) is 14.4. The summed E-state index contributed by atoms with van der Waals surface area (Å²) in [6.07, 6.45) is 12.6. The summed E-state index contributed by atoms with van der Waals surface area (Å²) in [7, 11) is 0. The smallest absolute Gasteiger partial charge is 0.0642 e. The molecule has 186 valence electrons. The maximum atomic E-state index is 10.8. The van der Waals surface area contributed by atoms with Crippen LogP contribution in [0.3, 0.4) is 0 Å². The molecule has 0 amide bonds. The second kappa shape index (κ2) is 7.95. The molecule has 0 bridgehead atoms. The van der Waals surface area contributed by atoms with E-state index < -0.39 is 11.2 Å². The summed E-state index contributed by atoms with van der Waals surface area (Å²) < 4.78 is 0. The Morgan fingerprint density at radius 1 is 0.906 bits per heavy atom. The van der Waals surface area contributed by atoms with E-state index in [4.69, 9.17) is 5.73 Å². The minimum absolute atomic E-state index is 0.0284. The molecule has 3 nitrogen and oxygen atoms in total. The van der Waals surface area contributed by atoms with E-state index in [0.717, 1.165) is 44.4 Å². The Hall–Kier alpha value is -0.120. The molecule has 3 heteroatoms. The molecule has 32 heavy (non-hydrogen) atoms.